The Hall–Kier alpha value is -2.61. The Morgan fingerprint density at radius 3 is 2.58 bits per heavy atom. The maximum atomic E-state index is 12.7. The highest BCUT2D eigenvalue weighted by molar-refractivity contribution is 6.05. The Morgan fingerprint density at radius 1 is 1.04 bits per heavy atom. The van der Waals surface area contributed by atoms with Crippen LogP contribution in [0.5, 0.6) is 5.75 Å². The molecule has 2 nitrogen and oxygen atoms in total. The summed E-state index contributed by atoms with van der Waals surface area (Å²) in [6.07, 6.45) is 1.06. The van der Waals surface area contributed by atoms with E-state index < -0.39 is 0 Å². The molecule has 3 aromatic rings. The molecule has 0 spiro atoms. The van der Waals surface area contributed by atoms with Crippen molar-refractivity contribution in [3.63, 3.8) is 0 Å². The molecule has 0 saturated heterocycles. The van der Waals surface area contributed by atoms with Gasteiger partial charge in [0.2, 0.25) is 0 Å². The van der Waals surface area contributed by atoms with Crippen molar-refractivity contribution in [2.24, 2.45) is 0 Å². The summed E-state index contributed by atoms with van der Waals surface area (Å²) in [7, 11) is 0. The first-order valence-corrected chi connectivity index (χ1v) is 8.40. The van der Waals surface area contributed by atoms with E-state index in [1.807, 2.05) is 61.5 Å². The van der Waals surface area contributed by atoms with Gasteiger partial charge in [0, 0.05) is 0 Å². The molecule has 0 N–H and O–H groups in total. The average molecular weight is 318 g/mol. The van der Waals surface area contributed by atoms with Crippen molar-refractivity contribution < 1.29 is 9.53 Å². The summed E-state index contributed by atoms with van der Waals surface area (Å²) in [5.41, 5.74) is 2.76. The summed E-state index contributed by atoms with van der Waals surface area (Å²) in [4.78, 5) is 12.7. The molecule has 122 valence electrons. The number of ether oxygens (including phenoxy) is 1. The van der Waals surface area contributed by atoms with E-state index in [1.54, 1.807) is 0 Å². The minimum Gasteiger partial charge on any atom is -0.423 e. The van der Waals surface area contributed by atoms with E-state index >= 15 is 0 Å². The average Bonchev–Trinajstić information content (AvgIpc) is 2.62. The van der Waals surface area contributed by atoms with Gasteiger partial charge in [0.1, 0.15) is 5.75 Å². The Balaban J connectivity index is 1.94. The normalized spacial score (nSPS) is 12.1. The molecular weight excluding hydrogens is 296 g/mol. The van der Waals surface area contributed by atoms with Crippen LogP contribution in [-0.4, -0.2) is 5.97 Å². The molecule has 0 radical (unpaired) electrons. The van der Waals surface area contributed by atoms with Crippen LogP contribution >= 0.6 is 0 Å². The molecule has 3 rings (SSSR count). The van der Waals surface area contributed by atoms with Gasteiger partial charge in [-0.1, -0.05) is 62.4 Å². The third kappa shape index (κ3) is 3.18. The molecule has 0 aliphatic rings. The predicted molar refractivity (Wildman–Crippen MR) is 98.8 cm³/mol. The summed E-state index contributed by atoms with van der Waals surface area (Å²) >= 11 is 0. The number of carbonyl (C=O) groups excluding carboxylic acids is 1. The highest BCUT2D eigenvalue weighted by Gasteiger charge is 2.14. The van der Waals surface area contributed by atoms with Crippen molar-refractivity contribution in [1.82, 2.24) is 0 Å². The summed E-state index contributed by atoms with van der Waals surface area (Å²) in [5, 5.41) is 1.96. The Morgan fingerprint density at radius 2 is 1.79 bits per heavy atom. The van der Waals surface area contributed by atoms with Crippen molar-refractivity contribution in [3.05, 3.63) is 77.4 Å². The second-order valence-electron chi connectivity index (χ2n) is 6.25. The molecule has 0 aliphatic heterocycles. The smallest absolute Gasteiger partial charge is 0.344 e. The molecule has 0 fully saturated rings. The molecular formula is C22H22O2. The molecule has 0 saturated carbocycles. The number of hydrogen-bond donors (Lipinski definition) is 0. The monoisotopic (exact) mass is 318 g/mol. The van der Waals surface area contributed by atoms with Gasteiger partial charge in [-0.2, -0.15) is 0 Å². The fourth-order valence-electron chi connectivity index (χ4n) is 2.83. The zero-order valence-electron chi connectivity index (χ0n) is 14.4. The van der Waals surface area contributed by atoms with Crippen LogP contribution in [0, 0.1) is 6.92 Å². The van der Waals surface area contributed by atoms with Crippen LogP contribution in [0.4, 0.5) is 0 Å². The van der Waals surface area contributed by atoms with E-state index in [4.69, 9.17) is 4.74 Å². The summed E-state index contributed by atoms with van der Waals surface area (Å²) in [6.45, 7) is 6.30. The first-order chi connectivity index (χ1) is 11.6. The van der Waals surface area contributed by atoms with Crippen molar-refractivity contribution in [2.75, 3.05) is 0 Å². The van der Waals surface area contributed by atoms with E-state index in [-0.39, 0.29) is 5.97 Å². The van der Waals surface area contributed by atoms with Crippen molar-refractivity contribution in [2.45, 2.75) is 33.1 Å². The first-order valence-electron chi connectivity index (χ1n) is 8.40. The van der Waals surface area contributed by atoms with Crippen LogP contribution < -0.4 is 4.74 Å². The number of hydrogen-bond acceptors (Lipinski definition) is 2. The molecule has 0 aliphatic carbocycles. The van der Waals surface area contributed by atoms with E-state index in [0.29, 0.717) is 17.2 Å². The van der Waals surface area contributed by atoms with Crippen molar-refractivity contribution in [3.8, 4) is 5.75 Å². The second kappa shape index (κ2) is 6.88. The van der Waals surface area contributed by atoms with Gasteiger partial charge in [0.25, 0.3) is 0 Å². The second-order valence-corrected chi connectivity index (χ2v) is 6.25. The standard InChI is InChI=1S/C22H22O2/c1-4-15(2)18-13-12-16(3)21(14-18)24-22(23)20-11-7-9-17-8-5-6-10-19(17)20/h5-15H,4H2,1-3H3. The van der Waals surface area contributed by atoms with E-state index in [0.717, 1.165) is 22.8 Å². The largest absolute Gasteiger partial charge is 0.423 e. The zero-order valence-corrected chi connectivity index (χ0v) is 14.4. The maximum Gasteiger partial charge on any atom is 0.344 e. The van der Waals surface area contributed by atoms with Crippen molar-refractivity contribution >= 4 is 16.7 Å². The minimum absolute atomic E-state index is 0.309. The Labute approximate surface area is 143 Å². The van der Waals surface area contributed by atoms with Gasteiger partial charge >= 0.3 is 5.97 Å². The van der Waals surface area contributed by atoms with Crippen LogP contribution in [0.2, 0.25) is 0 Å². The molecule has 1 unspecified atom stereocenters. The number of carbonyl (C=O) groups is 1. The predicted octanol–water partition coefficient (Wildman–Crippen LogP) is 5.88. The maximum absolute atomic E-state index is 12.7. The van der Waals surface area contributed by atoms with E-state index in [2.05, 4.69) is 19.9 Å². The van der Waals surface area contributed by atoms with Crippen LogP contribution in [0.15, 0.2) is 60.7 Å². The van der Waals surface area contributed by atoms with Gasteiger partial charge < -0.3 is 4.74 Å². The molecule has 0 aromatic heterocycles. The molecule has 2 heteroatoms. The van der Waals surface area contributed by atoms with E-state index in [1.165, 1.54) is 5.56 Å². The number of esters is 1. The molecule has 24 heavy (non-hydrogen) atoms. The molecule has 3 aromatic carbocycles. The fourth-order valence-corrected chi connectivity index (χ4v) is 2.83. The molecule has 0 heterocycles. The van der Waals surface area contributed by atoms with E-state index in [9.17, 15) is 4.79 Å². The van der Waals surface area contributed by atoms with Gasteiger partial charge in [-0.05, 0) is 53.3 Å². The number of rotatable bonds is 4. The lowest BCUT2D eigenvalue weighted by molar-refractivity contribution is 0.0735. The SMILES string of the molecule is CCC(C)c1ccc(C)c(OC(=O)c2cccc3ccccc23)c1. The van der Waals surface area contributed by atoms with Crippen LogP contribution in [0.3, 0.4) is 0 Å². The van der Waals surface area contributed by atoms with Gasteiger partial charge in [0.15, 0.2) is 0 Å². The van der Waals surface area contributed by atoms with Crippen LogP contribution in [-0.2, 0) is 0 Å². The Bertz CT molecular complexity index is 875. The minimum atomic E-state index is -0.309. The summed E-state index contributed by atoms with van der Waals surface area (Å²) in [5.74, 6) is 0.780. The summed E-state index contributed by atoms with van der Waals surface area (Å²) in [6, 6.07) is 19.7. The molecule has 1 atom stereocenters. The lowest BCUT2D eigenvalue weighted by Crippen LogP contribution is -2.10. The lowest BCUT2D eigenvalue weighted by atomic mass is 9.97. The number of benzene rings is 3. The Kier molecular flexibility index (Phi) is 4.66. The first kappa shape index (κ1) is 16.3. The molecule has 0 bridgehead atoms. The highest BCUT2D eigenvalue weighted by atomic mass is 16.5. The van der Waals surface area contributed by atoms with Gasteiger partial charge in [-0.25, -0.2) is 4.79 Å². The lowest BCUT2D eigenvalue weighted by Gasteiger charge is -2.14. The van der Waals surface area contributed by atoms with Gasteiger partial charge in [-0.15, -0.1) is 0 Å². The fraction of sp³-hybridized carbons (Fsp3) is 0.227. The molecule has 0 amide bonds. The number of fused-ring (bicyclic) bond motifs is 1. The zero-order chi connectivity index (χ0) is 17.1. The van der Waals surface area contributed by atoms with Crippen LogP contribution in [0.1, 0.15) is 47.7 Å². The summed E-state index contributed by atoms with van der Waals surface area (Å²) < 4.78 is 5.74. The van der Waals surface area contributed by atoms with Gasteiger partial charge in [0.05, 0.1) is 5.56 Å². The third-order valence-corrected chi connectivity index (χ3v) is 4.61. The highest BCUT2D eigenvalue weighted by Crippen LogP contribution is 2.27. The third-order valence-electron chi connectivity index (χ3n) is 4.61. The van der Waals surface area contributed by atoms with Crippen LogP contribution in [0.25, 0.3) is 10.8 Å². The quantitative estimate of drug-likeness (QED) is 0.443. The topological polar surface area (TPSA) is 26.3 Å². The van der Waals surface area contributed by atoms with Gasteiger partial charge in [-0.3, -0.25) is 0 Å². The number of aryl methyl sites for hydroxylation is 1. The van der Waals surface area contributed by atoms with Crippen molar-refractivity contribution in [1.29, 1.82) is 0 Å².